The first-order chi connectivity index (χ1) is 11.8. The summed E-state index contributed by atoms with van der Waals surface area (Å²) < 4.78 is 36.1. The van der Waals surface area contributed by atoms with Crippen molar-refractivity contribution in [1.29, 1.82) is 0 Å². The minimum atomic E-state index is -2.95. The molecule has 0 saturated carbocycles. The van der Waals surface area contributed by atoms with Gasteiger partial charge >= 0.3 is 0 Å². The van der Waals surface area contributed by atoms with Crippen LogP contribution in [-0.2, 0) is 9.84 Å². The van der Waals surface area contributed by atoms with Crippen molar-refractivity contribution in [1.82, 2.24) is 4.98 Å². The first-order valence-electron chi connectivity index (χ1n) is 7.80. The van der Waals surface area contributed by atoms with Crippen LogP contribution in [0, 0.1) is 5.82 Å². The number of amides is 1. The molecule has 0 spiro atoms. The van der Waals surface area contributed by atoms with E-state index in [4.69, 9.17) is 0 Å². The number of carbonyl (C=O) groups is 1. The Hall–Kier alpha value is -2.48. The van der Waals surface area contributed by atoms with Crippen LogP contribution in [0.5, 0.6) is 0 Å². The number of anilines is 2. The summed E-state index contributed by atoms with van der Waals surface area (Å²) in [5.74, 6) is -0.0645. The van der Waals surface area contributed by atoms with Crippen molar-refractivity contribution in [3.8, 4) is 0 Å². The Balaban J connectivity index is 1.66. The second kappa shape index (κ2) is 6.79. The molecule has 2 aromatic rings. The summed E-state index contributed by atoms with van der Waals surface area (Å²) in [6.45, 7) is 0. The molecule has 0 radical (unpaired) electrons. The number of nitrogens with zero attached hydrogens (tertiary/aromatic N) is 2. The maximum atomic E-state index is 12.9. The fourth-order valence-corrected chi connectivity index (χ4v) is 4.52. The van der Waals surface area contributed by atoms with E-state index in [0.29, 0.717) is 17.8 Å². The van der Waals surface area contributed by atoms with Crippen LogP contribution in [0.3, 0.4) is 0 Å². The van der Waals surface area contributed by atoms with Gasteiger partial charge in [-0.15, -0.1) is 0 Å². The van der Waals surface area contributed by atoms with Gasteiger partial charge < -0.3 is 10.2 Å². The van der Waals surface area contributed by atoms with Gasteiger partial charge in [-0.1, -0.05) is 0 Å². The van der Waals surface area contributed by atoms with Crippen LogP contribution in [0.2, 0.25) is 0 Å². The Labute approximate surface area is 145 Å². The highest BCUT2D eigenvalue weighted by Gasteiger charge is 2.30. The van der Waals surface area contributed by atoms with Crippen molar-refractivity contribution in [3.05, 3.63) is 54.0 Å². The quantitative estimate of drug-likeness (QED) is 0.900. The molecule has 1 N–H and O–H groups in total. The Morgan fingerprint density at radius 1 is 1.24 bits per heavy atom. The van der Waals surface area contributed by atoms with E-state index in [9.17, 15) is 17.6 Å². The average Bonchev–Trinajstić information content (AvgIpc) is 2.95. The van der Waals surface area contributed by atoms with Crippen LogP contribution >= 0.6 is 0 Å². The maximum Gasteiger partial charge on any atom is 0.256 e. The van der Waals surface area contributed by atoms with Crippen LogP contribution in [0.4, 0.5) is 15.9 Å². The van der Waals surface area contributed by atoms with Gasteiger partial charge in [0.25, 0.3) is 5.91 Å². The number of pyridine rings is 1. The molecule has 0 bridgehead atoms. The molecule has 6 nitrogen and oxygen atoms in total. The molecular weight excluding hydrogens is 345 g/mol. The van der Waals surface area contributed by atoms with E-state index >= 15 is 0 Å². The third-order valence-corrected chi connectivity index (χ3v) is 6.01. The number of sulfone groups is 1. The monoisotopic (exact) mass is 363 g/mol. The van der Waals surface area contributed by atoms with Crippen molar-refractivity contribution in [2.24, 2.45) is 0 Å². The van der Waals surface area contributed by atoms with Gasteiger partial charge in [0, 0.05) is 18.7 Å². The second-order valence-electron chi connectivity index (χ2n) is 6.03. The predicted molar refractivity (Wildman–Crippen MR) is 94.1 cm³/mol. The lowest BCUT2D eigenvalue weighted by Crippen LogP contribution is -2.32. The summed E-state index contributed by atoms with van der Waals surface area (Å²) in [6.07, 6.45) is 2.19. The fraction of sp³-hybridized carbons (Fsp3) is 0.294. The molecule has 3 rings (SSSR count). The number of rotatable bonds is 4. The third-order valence-electron chi connectivity index (χ3n) is 4.26. The summed E-state index contributed by atoms with van der Waals surface area (Å²) in [5.41, 5.74) is 1.11. The highest BCUT2D eigenvalue weighted by atomic mass is 32.2. The van der Waals surface area contributed by atoms with E-state index < -0.39 is 15.7 Å². The van der Waals surface area contributed by atoms with Crippen molar-refractivity contribution in [2.75, 3.05) is 28.8 Å². The number of carbonyl (C=O) groups excluding carboxylic acids is 1. The Morgan fingerprint density at radius 3 is 2.52 bits per heavy atom. The topological polar surface area (TPSA) is 79.4 Å². The minimum absolute atomic E-state index is 0.0635. The molecule has 1 amide bonds. The highest BCUT2D eigenvalue weighted by molar-refractivity contribution is 7.91. The van der Waals surface area contributed by atoms with Crippen LogP contribution in [0.1, 0.15) is 16.8 Å². The van der Waals surface area contributed by atoms with Crippen LogP contribution in [0.25, 0.3) is 0 Å². The molecule has 1 atom stereocenters. The number of nitrogens with one attached hydrogen (secondary N) is 1. The van der Waals surface area contributed by atoms with E-state index in [2.05, 4.69) is 10.3 Å². The molecule has 132 valence electrons. The van der Waals surface area contributed by atoms with E-state index in [1.807, 2.05) is 11.9 Å². The number of aromatic nitrogens is 1. The highest BCUT2D eigenvalue weighted by Crippen LogP contribution is 2.23. The lowest BCUT2D eigenvalue weighted by molar-refractivity contribution is 0.102. The van der Waals surface area contributed by atoms with Gasteiger partial charge in [0.1, 0.15) is 11.6 Å². The number of benzene rings is 1. The lowest BCUT2D eigenvalue weighted by Gasteiger charge is -2.25. The zero-order valence-corrected chi connectivity index (χ0v) is 14.5. The molecule has 2 heterocycles. The van der Waals surface area contributed by atoms with Crippen LogP contribution in [0.15, 0.2) is 42.6 Å². The second-order valence-corrected chi connectivity index (χ2v) is 8.26. The normalized spacial score (nSPS) is 18.7. The Kier molecular flexibility index (Phi) is 4.71. The summed E-state index contributed by atoms with van der Waals surface area (Å²) in [6, 6.07) is 8.59. The van der Waals surface area contributed by atoms with E-state index in [1.54, 1.807) is 18.3 Å². The maximum absolute atomic E-state index is 12.9. The molecule has 1 unspecified atom stereocenters. The summed E-state index contributed by atoms with van der Waals surface area (Å²) in [4.78, 5) is 18.2. The fourth-order valence-electron chi connectivity index (χ4n) is 2.75. The Morgan fingerprint density at radius 2 is 1.96 bits per heavy atom. The predicted octanol–water partition coefficient (Wildman–Crippen LogP) is 2.10. The zero-order valence-electron chi connectivity index (χ0n) is 13.6. The molecule has 0 aliphatic carbocycles. The molecule has 25 heavy (non-hydrogen) atoms. The lowest BCUT2D eigenvalue weighted by atomic mass is 10.2. The molecule has 1 aliphatic rings. The van der Waals surface area contributed by atoms with Crippen LogP contribution < -0.4 is 10.2 Å². The van der Waals surface area contributed by atoms with Crippen molar-refractivity contribution < 1.29 is 17.6 Å². The van der Waals surface area contributed by atoms with Gasteiger partial charge in [0.2, 0.25) is 0 Å². The third kappa shape index (κ3) is 4.14. The van der Waals surface area contributed by atoms with Gasteiger partial charge in [0.05, 0.1) is 23.4 Å². The first-order valence-corrected chi connectivity index (χ1v) is 9.62. The number of halogens is 1. The van der Waals surface area contributed by atoms with E-state index in [1.165, 1.54) is 24.3 Å². The molecule has 1 fully saturated rings. The van der Waals surface area contributed by atoms with E-state index in [0.717, 1.165) is 5.69 Å². The van der Waals surface area contributed by atoms with Crippen molar-refractivity contribution in [2.45, 2.75) is 12.5 Å². The minimum Gasteiger partial charge on any atom is -0.369 e. The zero-order chi connectivity index (χ0) is 18.0. The first kappa shape index (κ1) is 17.3. The smallest absolute Gasteiger partial charge is 0.256 e. The van der Waals surface area contributed by atoms with Gasteiger partial charge in [-0.2, -0.15) is 0 Å². The number of hydrogen-bond donors (Lipinski definition) is 1. The van der Waals surface area contributed by atoms with Crippen LogP contribution in [-0.4, -0.2) is 43.9 Å². The van der Waals surface area contributed by atoms with Crippen molar-refractivity contribution >= 4 is 27.2 Å². The van der Waals surface area contributed by atoms with Gasteiger partial charge in [-0.05, 0) is 42.8 Å². The largest absolute Gasteiger partial charge is 0.369 e. The SMILES string of the molecule is CN(c1ccc(NC(=O)c2ccc(F)cc2)nc1)C1CCS(=O)(=O)C1. The summed E-state index contributed by atoms with van der Waals surface area (Å²) >= 11 is 0. The summed E-state index contributed by atoms with van der Waals surface area (Å²) in [5, 5.41) is 2.64. The molecule has 1 aromatic carbocycles. The average molecular weight is 363 g/mol. The van der Waals surface area contributed by atoms with Crippen molar-refractivity contribution in [3.63, 3.8) is 0 Å². The molecule has 8 heteroatoms. The molecule has 1 saturated heterocycles. The standard InChI is InChI=1S/C17H18FN3O3S/c1-21(15-8-9-25(23,24)11-15)14-6-7-16(19-10-14)20-17(22)12-2-4-13(18)5-3-12/h2-7,10,15H,8-9,11H2,1H3,(H,19,20,22). The van der Waals surface area contributed by atoms with Gasteiger partial charge in [-0.25, -0.2) is 17.8 Å². The molecular formula is C17H18FN3O3S. The molecule has 1 aliphatic heterocycles. The Bertz CT molecular complexity index is 867. The molecule has 1 aromatic heterocycles. The van der Waals surface area contributed by atoms with E-state index in [-0.39, 0.29) is 23.5 Å². The summed E-state index contributed by atoms with van der Waals surface area (Å²) in [7, 11) is -1.12. The van der Waals surface area contributed by atoms with Gasteiger partial charge in [0.15, 0.2) is 9.84 Å². The van der Waals surface area contributed by atoms with Gasteiger partial charge in [-0.3, -0.25) is 4.79 Å². The number of hydrogen-bond acceptors (Lipinski definition) is 5.